The summed E-state index contributed by atoms with van der Waals surface area (Å²) in [4.78, 5) is 16.9. The summed E-state index contributed by atoms with van der Waals surface area (Å²) in [7, 11) is 1.62. The quantitative estimate of drug-likeness (QED) is 0.353. The average Bonchev–Trinajstić information content (AvgIpc) is 2.82. The number of allylic oxidation sites excluding steroid dienone is 4. The number of benzene rings is 2. The van der Waals surface area contributed by atoms with Gasteiger partial charge in [-0.15, -0.1) is 0 Å². The number of carbonyl (C=O) groups excluding carboxylic acids is 1. The number of nitrogens with one attached hydrogen (secondary N) is 1. The number of pyridine rings is 1. The summed E-state index contributed by atoms with van der Waals surface area (Å²) in [6, 6.07) is 15.2. The highest BCUT2D eigenvalue weighted by Gasteiger charge is 2.17. The van der Waals surface area contributed by atoms with Crippen molar-refractivity contribution in [3.8, 4) is 0 Å². The zero-order valence-electron chi connectivity index (χ0n) is 19.3. The van der Waals surface area contributed by atoms with Gasteiger partial charge in [0.25, 0.3) is 5.91 Å². The van der Waals surface area contributed by atoms with E-state index in [-0.39, 0.29) is 11.7 Å². The molecular formula is C28H29FN2O. The van der Waals surface area contributed by atoms with Gasteiger partial charge in [0.05, 0.1) is 5.52 Å². The first-order chi connectivity index (χ1) is 15.4. The number of hydrogen-bond donors (Lipinski definition) is 1. The van der Waals surface area contributed by atoms with Crippen molar-refractivity contribution in [2.24, 2.45) is 0 Å². The third-order valence-electron chi connectivity index (χ3n) is 5.69. The molecule has 0 saturated heterocycles. The lowest BCUT2D eigenvalue weighted by molar-refractivity contribution is -0.116. The molecule has 1 N–H and O–H groups in total. The van der Waals surface area contributed by atoms with Gasteiger partial charge >= 0.3 is 0 Å². The van der Waals surface area contributed by atoms with Crippen LogP contribution in [0, 0.1) is 12.7 Å². The molecule has 3 rings (SSSR count). The Morgan fingerprint density at radius 2 is 1.88 bits per heavy atom. The maximum atomic E-state index is 14.1. The number of halogens is 1. The van der Waals surface area contributed by atoms with E-state index < -0.39 is 0 Å². The first-order valence-corrected chi connectivity index (χ1v) is 10.8. The van der Waals surface area contributed by atoms with Crippen LogP contribution in [0.4, 0.5) is 4.39 Å². The molecule has 164 valence electrons. The molecule has 0 fully saturated rings. The fourth-order valence-electron chi connectivity index (χ4n) is 3.73. The third-order valence-corrected chi connectivity index (χ3v) is 5.69. The lowest BCUT2D eigenvalue weighted by Gasteiger charge is -2.19. The van der Waals surface area contributed by atoms with E-state index in [0.717, 1.165) is 45.2 Å². The minimum Gasteiger partial charge on any atom is -0.355 e. The number of fused-ring (bicyclic) bond motifs is 1. The number of likely N-dealkylation sites (N-methyl/N-ethyl adjacent to an activating group) is 1. The normalized spacial score (nSPS) is 13.2. The predicted octanol–water partition coefficient (Wildman–Crippen LogP) is 6.64. The predicted molar refractivity (Wildman–Crippen MR) is 132 cm³/mol. The van der Waals surface area contributed by atoms with Crippen molar-refractivity contribution in [2.75, 3.05) is 7.05 Å². The maximum absolute atomic E-state index is 14.1. The molecule has 0 atom stereocenters. The Balaban J connectivity index is 2.34. The molecule has 0 unspecified atom stereocenters. The van der Waals surface area contributed by atoms with Crippen LogP contribution in [0.3, 0.4) is 0 Å². The summed E-state index contributed by atoms with van der Waals surface area (Å²) in [5.41, 5.74) is 7.02. The van der Waals surface area contributed by atoms with Crippen molar-refractivity contribution in [1.29, 1.82) is 0 Å². The number of rotatable bonds is 6. The first kappa shape index (κ1) is 23.1. The Morgan fingerprint density at radius 3 is 2.53 bits per heavy atom. The molecule has 1 aromatic heterocycles. The van der Waals surface area contributed by atoms with Gasteiger partial charge in [0.2, 0.25) is 0 Å². The summed E-state index contributed by atoms with van der Waals surface area (Å²) in [6.07, 6.45) is 6.32. The lowest BCUT2D eigenvalue weighted by Crippen LogP contribution is -2.19. The highest BCUT2D eigenvalue weighted by atomic mass is 19.1. The monoisotopic (exact) mass is 428 g/mol. The molecule has 0 aliphatic carbocycles. The van der Waals surface area contributed by atoms with Gasteiger partial charge in [-0.25, -0.2) is 4.39 Å². The number of aryl methyl sites for hydroxylation is 1. The maximum Gasteiger partial charge on any atom is 0.250 e. The van der Waals surface area contributed by atoms with E-state index in [1.54, 1.807) is 26.2 Å². The van der Waals surface area contributed by atoms with E-state index in [4.69, 9.17) is 0 Å². The molecule has 3 aromatic rings. The van der Waals surface area contributed by atoms with Crippen molar-refractivity contribution < 1.29 is 9.18 Å². The van der Waals surface area contributed by atoms with Gasteiger partial charge < -0.3 is 5.32 Å². The van der Waals surface area contributed by atoms with Gasteiger partial charge in [0, 0.05) is 24.2 Å². The molecule has 0 bridgehead atoms. The molecule has 1 amide bonds. The Kier molecular flexibility index (Phi) is 7.37. The van der Waals surface area contributed by atoms with Crippen LogP contribution in [0.15, 0.2) is 78.0 Å². The van der Waals surface area contributed by atoms with Crippen LogP contribution in [0.25, 0.3) is 22.0 Å². The Bertz CT molecular complexity index is 1250. The summed E-state index contributed by atoms with van der Waals surface area (Å²) in [5, 5.41) is 3.73. The number of nitrogens with zero attached hydrogens (tertiary/aromatic N) is 1. The molecule has 0 radical (unpaired) electrons. The van der Waals surface area contributed by atoms with Crippen molar-refractivity contribution >= 4 is 28.0 Å². The Morgan fingerprint density at radius 1 is 1.12 bits per heavy atom. The summed E-state index contributed by atoms with van der Waals surface area (Å²) >= 11 is 0. The van der Waals surface area contributed by atoms with Crippen molar-refractivity contribution in [3.63, 3.8) is 0 Å². The second kappa shape index (κ2) is 10.2. The van der Waals surface area contributed by atoms with E-state index in [9.17, 15) is 9.18 Å². The molecule has 1 heterocycles. The van der Waals surface area contributed by atoms with Crippen LogP contribution in [0.2, 0.25) is 0 Å². The molecule has 0 aliphatic rings. The van der Waals surface area contributed by atoms with E-state index in [0.29, 0.717) is 11.1 Å². The smallest absolute Gasteiger partial charge is 0.250 e. The molecule has 0 spiro atoms. The lowest BCUT2D eigenvalue weighted by atomic mass is 9.86. The van der Waals surface area contributed by atoms with Crippen molar-refractivity contribution in [1.82, 2.24) is 10.3 Å². The molecular weight excluding hydrogens is 399 g/mol. The minimum atomic E-state index is -0.232. The first-order valence-electron chi connectivity index (χ1n) is 10.8. The Labute approximate surface area is 189 Å². The van der Waals surface area contributed by atoms with Crippen LogP contribution >= 0.6 is 0 Å². The van der Waals surface area contributed by atoms with Crippen molar-refractivity contribution in [2.45, 2.75) is 34.1 Å². The van der Waals surface area contributed by atoms with E-state index >= 15 is 0 Å². The van der Waals surface area contributed by atoms with Gasteiger partial charge in [-0.2, -0.15) is 0 Å². The van der Waals surface area contributed by atoms with Gasteiger partial charge in [-0.3, -0.25) is 9.78 Å². The highest BCUT2D eigenvalue weighted by Crippen LogP contribution is 2.37. The summed E-state index contributed by atoms with van der Waals surface area (Å²) in [5.74, 6) is -0.389. The molecule has 0 saturated carbocycles. The number of aromatic nitrogens is 1. The van der Waals surface area contributed by atoms with E-state index in [1.807, 2.05) is 49.4 Å². The average molecular weight is 429 g/mol. The standard InChI is InChI=1S/C28H29FN2O/c1-6-18(3)27(23-10-12-25(29)19(4)15-23)24(17-20(7-2)28(32)30-5)21-11-13-26-22(16-21)9-8-14-31-26/h7-17H,6H2,1-5H3,(H,30,32)/b20-7+,24-17-,27-18+. The Hall–Kier alpha value is -3.53. The van der Waals surface area contributed by atoms with E-state index in [2.05, 4.69) is 30.2 Å². The number of amides is 1. The fourth-order valence-corrected chi connectivity index (χ4v) is 3.73. The SMILES string of the molecule is C\C=C(/C=C(\C(=C(/C)CC)c1ccc(F)c(C)c1)c1ccc2ncccc2c1)C(=O)NC. The van der Waals surface area contributed by atoms with Crippen LogP contribution in [-0.4, -0.2) is 17.9 Å². The van der Waals surface area contributed by atoms with Crippen LogP contribution in [0.1, 0.15) is 43.9 Å². The van der Waals surface area contributed by atoms with Crippen molar-refractivity contribution in [3.05, 3.63) is 101 Å². The van der Waals surface area contributed by atoms with Gasteiger partial charge in [-0.1, -0.05) is 36.8 Å². The van der Waals surface area contributed by atoms with Gasteiger partial charge in [-0.05, 0) is 91.4 Å². The molecule has 0 aliphatic heterocycles. The largest absolute Gasteiger partial charge is 0.355 e. The second-order valence-electron chi connectivity index (χ2n) is 7.76. The highest BCUT2D eigenvalue weighted by molar-refractivity contribution is 6.10. The van der Waals surface area contributed by atoms with Crippen LogP contribution in [0.5, 0.6) is 0 Å². The van der Waals surface area contributed by atoms with Crippen LogP contribution < -0.4 is 5.32 Å². The topological polar surface area (TPSA) is 42.0 Å². The molecule has 3 nitrogen and oxygen atoms in total. The number of carbonyl (C=O) groups is 1. The number of hydrogen-bond acceptors (Lipinski definition) is 2. The molecule has 4 heteroatoms. The zero-order valence-corrected chi connectivity index (χ0v) is 19.3. The zero-order chi connectivity index (χ0) is 23.3. The van der Waals surface area contributed by atoms with E-state index in [1.165, 1.54) is 6.07 Å². The summed E-state index contributed by atoms with van der Waals surface area (Å²) in [6.45, 7) is 7.80. The molecule has 2 aromatic carbocycles. The minimum absolute atomic E-state index is 0.156. The van der Waals surface area contributed by atoms with Gasteiger partial charge in [0.15, 0.2) is 0 Å². The molecule has 32 heavy (non-hydrogen) atoms. The van der Waals surface area contributed by atoms with Crippen LogP contribution in [-0.2, 0) is 4.79 Å². The summed E-state index contributed by atoms with van der Waals surface area (Å²) < 4.78 is 14.1. The second-order valence-corrected chi connectivity index (χ2v) is 7.76. The third kappa shape index (κ3) is 4.86. The van der Waals surface area contributed by atoms with Gasteiger partial charge in [0.1, 0.15) is 5.82 Å². The fraction of sp³-hybridized carbons (Fsp3) is 0.214.